The lowest BCUT2D eigenvalue weighted by Gasteiger charge is -2.13. The normalized spacial score (nSPS) is 16.2. The molecular weight excluding hydrogens is 296 g/mol. The number of fused-ring (bicyclic) bond motifs is 3. The van der Waals surface area contributed by atoms with Crippen LogP contribution in [-0.2, 0) is 15.9 Å². The minimum atomic E-state index is -0.567. The van der Waals surface area contributed by atoms with Gasteiger partial charge in [0.15, 0.2) is 0 Å². The number of phenols is 1. The lowest BCUT2D eigenvalue weighted by molar-refractivity contribution is -0.0658. The third-order valence-electron chi connectivity index (χ3n) is 4.05. The topological polar surface area (TPSA) is 65.0 Å². The average molecular weight is 316 g/mol. The van der Waals surface area contributed by atoms with Gasteiger partial charge in [0, 0.05) is 22.8 Å². The van der Waals surface area contributed by atoms with Gasteiger partial charge in [-0.1, -0.05) is 37.6 Å². The number of methoxy groups -OCH3 is 1. The quantitative estimate of drug-likeness (QED) is 0.676. The number of carbonyl (C=O) groups is 1. The minimum absolute atomic E-state index is 0.0657. The van der Waals surface area contributed by atoms with E-state index in [9.17, 15) is 9.90 Å². The molecule has 0 spiro atoms. The Kier molecular flexibility index (Phi) is 4.39. The first-order valence-electron chi connectivity index (χ1n) is 7.80. The summed E-state index contributed by atoms with van der Waals surface area (Å²) in [5.41, 5.74) is 0.817. The molecule has 3 rings (SSSR count). The second-order valence-corrected chi connectivity index (χ2v) is 5.54. The van der Waals surface area contributed by atoms with Gasteiger partial charge in [-0.2, -0.15) is 0 Å². The highest BCUT2D eigenvalue weighted by Crippen LogP contribution is 2.44. The highest BCUT2D eigenvalue weighted by atomic mass is 16.7. The van der Waals surface area contributed by atoms with Gasteiger partial charge in [0.1, 0.15) is 17.1 Å². The van der Waals surface area contributed by atoms with Gasteiger partial charge in [0.25, 0.3) is 0 Å². The Labute approximate surface area is 134 Å². The summed E-state index contributed by atoms with van der Waals surface area (Å²) in [5, 5.41) is 11.9. The molecule has 1 aliphatic heterocycles. The van der Waals surface area contributed by atoms with Gasteiger partial charge >= 0.3 is 5.97 Å². The molecule has 0 radical (unpaired) electrons. The van der Waals surface area contributed by atoms with Gasteiger partial charge < -0.3 is 19.3 Å². The van der Waals surface area contributed by atoms with E-state index in [-0.39, 0.29) is 11.3 Å². The van der Waals surface area contributed by atoms with Crippen molar-refractivity contribution in [1.82, 2.24) is 0 Å². The molecule has 1 N–H and O–H groups in total. The highest BCUT2D eigenvalue weighted by molar-refractivity contribution is 6.06. The smallest absolute Gasteiger partial charge is 0.342 e. The van der Waals surface area contributed by atoms with Crippen molar-refractivity contribution in [2.24, 2.45) is 0 Å². The van der Waals surface area contributed by atoms with Crippen LogP contribution >= 0.6 is 0 Å². The summed E-state index contributed by atoms with van der Waals surface area (Å²) in [6.07, 6.45) is 1.97. The van der Waals surface area contributed by atoms with Gasteiger partial charge in [0.2, 0.25) is 6.29 Å². The first kappa shape index (κ1) is 15.6. The lowest BCUT2D eigenvalue weighted by Crippen LogP contribution is -2.18. The lowest BCUT2D eigenvalue weighted by atomic mass is 9.97. The average Bonchev–Trinajstić information content (AvgIpc) is 2.99. The molecule has 2 aromatic carbocycles. The van der Waals surface area contributed by atoms with Crippen molar-refractivity contribution in [3.8, 4) is 11.5 Å². The van der Waals surface area contributed by atoms with Crippen LogP contribution in [0.2, 0.25) is 0 Å². The van der Waals surface area contributed by atoms with Crippen molar-refractivity contribution < 1.29 is 24.1 Å². The molecule has 0 amide bonds. The van der Waals surface area contributed by atoms with Gasteiger partial charge in [-0.15, -0.1) is 0 Å². The number of rotatable bonds is 5. The number of esters is 1. The predicted molar refractivity (Wildman–Crippen MR) is 85.9 cm³/mol. The van der Waals surface area contributed by atoms with Crippen LogP contribution in [-0.4, -0.2) is 31.1 Å². The maximum absolute atomic E-state index is 12.1. The molecule has 0 bridgehead atoms. The maximum atomic E-state index is 12.1. The van der Waals surface area contributed by atoms with Crippen molar-refractivity contribution in [2.45, 2.75) is 32.5 Å². The van der Waals surface area contributed by atoms with E-state index in [2.05, 4.69) is 6.92 Å². The Morgan fingerprint density at radius 2 is 2.09 bits per heavy atom. The van der Waals surface area contributed by atoms with Crippen molar-refractivity contribution in [2.75, 3.05) is 13.7 Å². The third kappa shape index (κ3) is 2.72. The molecule has 1 heterocycles. The first-order valence-corrected chi connectivity index (χ1v) is 7.80. The Morgan fingerprint density at radius 3 is 2.78 bits per heavy atom. The van der Waals surface area contributed by atoms with E-state index in [1.807, 2.05) is 12.1 Å². The van der Waals surface area contributed by atoms with Crippen molar-refractivity contribution in [3.05, 3.63) is 35.4 Å². The molecular formula is C18H20O5. The molecule has 5 nitrogen and oxygen atoms in total. The summed E-state index contributed by atoms with van der Waals surface area (Å²) in [5.74, 6) is -0.0355. The van der Waals surface area contributed by atoms with Crippen LogP contribution in [0.5, 0.6) is 11.5 Å². The van der Waals surface area contributed by atoms with Gasteiger partial charge in [-0.25, -0.2) is 4.79 Å². The number of ether oxygens (including phenoxy) is 3. The third-order valence-corrected chi connectivity index (χ3v) is 4.05. The second-order valence-electron chi connectivity index (χ2n) is 5.54. The van der Waals surface area contributed by atoms with Crippen molar-refractivity contribution in [3.63, 3.8) is 0 Å². The van der Waals surface area contributed by atoms with Crippen LogP contribution in [0.1, 0.15) is 35.7 Å². The fourth-order valence-electron chi connectivity index (χ4n) is 2.88. The molecule has 0 aromatic heterocycles. The van der Waals surface area contributed by atoms with Crippen molar-refractivity contribution in [1.29, 1.82) is 0 Å². The predicted octanol–water partition coefficient (Wildman–Crippen LogP) is 3.41. The van der Waals surface area contributed by atoms with E-state index in [1.165, 1.54) is 7.11 Å². The molecule has 1 aliphatic rings. The van der Waals surface area contributed by atoms with E-state index < -0.39 is 12.3 Å². The van der Waals surface area contributed by atoms with Crippen LogP contribution in [0.3, 0.4) is 0 Å². The summed E-state index contributed by atoms with van der Waals surface area (Å²) in [4.78, 5) is 12.1. The zero-order valence-corrected chi connectivity index (χ0v) is 13.3. The second kappa shape index (κ2) is 6.46. The van der Waals surface area contributed by atoms with E-state index in [4.69, 9.17) is 14.2 Å². The molecule has 0 fully saturated rings. The number of hydrogen-bond acceptors (Lipinski definition) is 5. The standard InChI is InChI=1S/C18H20O5/c1-3-4-9-22-14-10-13-15(18(20)21-2)16(19)11-7-5-6-8-12(11)17(13)23-14/h5-8,14,19H,3-4,9-10H2,1-2H3. The summed E-state index contributed by atoms with van der Waals surface area (Å²) in [6.45, 7) is 2.70. The van der Waals surface area contributed by atoms with Crippen LogP contribution in [0.15, 0.2) is 24.3 Å². The number of aromatic hydroxyl groups is 1. The molecule has 2 aromatic rings. The maximum Gasteiger partial charge on any atom is 0.342 e. The minimum Gasteiger partial charge on any atom is -0.506 e. The molecule has 5 heteroatoms. The van der Waals surface area contributed by atoms with Crippen LogP contribution in [0.4, 0.5) is 0 Å². The summed E-state index contributed by atoms with van der Waals surface area (Å²) in [7, 11) is 1.30. The Hall–Kier alpha value is -2.27. The number of phenolic OH excluding ortho intramolecular Hbond substituents is 1. The number of unbranched alkanes of at least 4 members (excludes halogenated alkanes) is 1. The Bertz CT molecular complexity index is 738. The summed E-state index contributed by atoms with van der Waals surface area (Å²) < 4.78 is 16.5. The Morgan fingerprint density at radius 1 is 1.35 bits per heavy atom. The van der Waals surface area contributed by atoms with Crippen LogP contribution in [0, 0.1) is 0 Å². The van der Waals surface area contributed by atoms with Crippen molar-refractivity contribution >= 4 is 16.7 Å². The monoisotopic (exact) mass is 316 g/mol. The fraction of sp³-hybridized carbons (Fsp3) is 0.389. The summed E-state index contributed by atoms with van der Waals surface area (Å²) >= 11 is 0. The van der Waals surface area contributed by atoms with Crippen LogP contribution in [0.25, 0.3) is 10.8 Å². The van der Waals surface area contributed by atoms with E-state index >= 15 is 0 Å². The van der Waals surface area contributed by atoms with Gasteiger partial charge in [-0.05, 0) is 6.42 Å². The largest absolute Gasteiger partial charge is 0.506 e. The SMILES string of the molecule is CCCCOC1Cc2c(C(=O)OC)c(O)c3ccccc3c2O1. The molecule has 122 valence electrons. The van der Waals surface area contributed by atoms with E-state index in [0.717, 1.165) is 18.2 Å². The van der Waals surface area contributed by atoms with Crippen LogP contribution < -0.4 is 4.74 Å². The fourth-order valence-corrected chi connectivity index (χ4v) is 2.88. The van der Waals surface area contributed by atoms with E-state index in [0.29, 0.717) is 29.7 Å². The summed E-state index contributed by atoms with van der Waals surface area (Å²) in [6, 6.07) is 7.30. The first-order chi connectivity index (χ1) is 11.2. The molecule has 1 atom stereocenters. The molecule has 0 aliphatic carbocycles. The zero-order valence-electron chi connectivity index (χ0n) is 13.3. The molecule has 0 saturated heterocycles. The molecule has 0 saturated carbocycles. The number of carbonyl (C=O) groups excluding carboxylic acids is 1. The number of hydrogen-bond donors (Lipinski definition) is 1. The highest BCUT2D eigenvalue weighted by Gasteiger charge is 2.33. The molecule has 23 heavy (non-hydrogen) atoms. The Balaban J connectivity index is 2.06. The molecule has 1 unspecified atom stereocenters. The zero-order chi connectivity index (χ0) is 16.4. The van der Waals surface area contributed by atoms with E-state index in [1.54, 1.807) is 12.1 Å². The van der Waals surface area contributed by atoms with Gasteiger partial charge in [0.05, 0.1) is 13.7 Å². The van der Waals surface area contributed by atoms with Gasteiger partial charge in [-0.3, -0.25) is 0 Å². The number of benzene rings is 2.